The van der Waals surface area contributed by atoms with E-state index in [-0.39, 0.29) is 11.5 Å². The fourth-order valence-electron chi connectivity index (χ4n) is 3.23. The van der Waals surface area contributed by atoms with E-state index in [9.17, 15) is 5.11 Å². The van der Waals surface area contributed by atoms with E-state index >= 15 is 0 Å². The molecular formula is C16H27NOS. The highest BCUT2D eigenvalue weighted by atomic mass is 32.1. The Labute approximate surface area is 121 Å². The number of hydrogen-bond acceptors (Lipinski definition) is 3. The predicted molar refractivity (Wildman–Crippen MR) is 82.5 cm³/mol. The van der Waals surface area contributed by atoms with E-state index in [1.54, 1.807) is 11.3 Å². The topological polar surface area (TPSA) is 46.2 Å². The Bertz CT molecular complexity index is 380. The molecular weight excluding hydrogens is 254 g/mol. The molecule has 3 heteroatoms. The summed E-state index contributed by atoms with van der Waals surface area (Å²) < 4.78 is 0. The Morgan fingerprint density at radius 2 is 1.84 bits per heavy atom. The first-order chi connectivity index (χ1) is 9.22. The third-order valence-electron chi connectivity index (χ3n) is 4.64. The number of thiophene rings is 1. The van der Waals surface area contributed by atoms with Gasteiger partial charge in [-0.1, -0.05) is 39.0 Å². The Hall–Kier alpha value is -0.380. The number of hydrogen-bond donors (Lipinski definition) is 2. The summed E-state index contributed by atoms with van der Waals surface area (Å²) in [6.07, 6.45) is 9.16. The third kappa shape index (κ3) is 3.39. The van der Waals surface area contributed by atoms with Gasteiger partial charge in [-0.05, 0) is 31.4 Å². The second-order valence-corrected chi connectivity index (χ2v) is 7.09. The smallest absolute Gasteiger partial charge is 0.0950 e. The van der Waals surface area contributed by atoms with Crippen molar-refractivity contribution >= 4 is 11.3 Å². The van der Waals surface area contributed by atoms with Crippen LogP contribution in [-0.4, -0.2) is 11.7 Å². The highest BCUT2D eigenvalue weighted by molar-refractivity contribution is 7.12. The highest BCUT2D eigenvalue weighted by Crippen LogP contribution is 2.45. The molecule has 1 atom stereocenters. The molecule has 1 aliphatic carbocycles. The maximum Gasteiger partial charge on any atom is 0.0950 e. The van der Waals surface area contributed by atoms with Crippen LogP contribution in [-0.2, 0) is 6.42 Å². The average molecular weight is 281 g/mol. The van der Waals surface area contributed by atoms with E-state index < -0.39 is 0 Å². The minimum Gasteiger partial charge on any atom is -0.387 e. The molecule has 1 heterocycles. The van der Waals surface area contributed by atoms with E-state index in [2.05, 4.69) is 19.1 Å². The van der Waals surface area contributed by atoms with Gasteiger partial charge in [0.2, 0.25) is 0 Å². The zero-order valence-electron chi connectivity index (χ0n) is 12.0. The molecule has 1 aliphatic rings. The van der Waals surface area contributed by atoms with Crippen molar-refractivity contribution in [1.29, 1.82) is 0 Å². The first-order valence-electron chi connectivity index (χ1n) is 7.68. The standard InChI is InChI=1S/C16H27NOS/c1-2-13-8-9-14(19-13)15(18)16(12-17)10-6-4-3-5-7-11-16/h8-9,15,18H,2-7,10-12,17H2,1H3. The summed E-state index contributed by atoms with van der Waals surface area (Å²) in [5, 5.41) is 10.9. The minimum absolute atomic E-state index is 0.0870. The second-order valence-electron chi connectivity index (χ2n) is 5.89. The van der Waals surface area contributed by atoms with Gasteiger partial charge in [0.05, 0.1) is 6.10 Å². The van der Waals surface area contributed by atoms with Gasteiger partial charge in [0.1, 0.15) is 0 Å². The van der Waals surface area contributed by atoms with E-state index in [1.807, 2.05) is 0 Å². The van der Waals surface area contributed by atoms with Gasteiger partial charge in [-0.2, -0.15) is 0 Å². The number of aliphatic hydroxyl groups is 1. The summed E-state index contributed by atoms with van der Waals surface area (Å²) in [6.45, 7) is 2.77. The molecule has 2 nitrogen and oxygen atoms in total. The van der Waals surface area contributed by atoms with Gasteiger partial charge < -0.3 is 10.8 Å². The number of nitrogens with two attached hydrogens (primary N) is 1. The number of aliphatic hydroxyl groups excluding tert-OH is 1. The lowest BCUT2D eigenvalue weighted by Crippen LogP contribution is -2.37. The molecule has 0 saturated heterocycles. The molecule has 0 aromatic carbocycles. The van der Waals surface area contributed by atoms with Crippen molar-refractivity contribution < 1.29 is 5.11 Å². The van der Waals surface area contributed by atoms with Crippen molar-refractivity contribution in [2.45, 2.75) is 64.4 Å². The second kappa shape index (κ2) is 6.87. The van der Waals surface area contributed by atoms with Gasteiger partial charge in [-0.15, -0.1) is 11.3 Å². The minimum atomic E-state index is -0.374. The number of rotatable bonds is 4. The van der Waals surface area contributed by atoms with Crippen LogP contribution in [0.25, 0.3) is 0 Å². The lowest BCUT2D eigenvalue weighted by molar-refractivity contribution is 0.0110. The van der Waals surface area contributed by atoms with Gasteiger partial charge in [0.25, 0.3) is 0 Å². The Kier molecular flexibility index (Phi) is 5.43. The molecule has 3 N–H and O–H groups in total. The molecule has 1 aromatic rings. The van der Waals surface area contributed by atoms with Crippen molar-refractivity contribution in [3.63, 3.8) is 0 Å². The summed E-state index contributed by atoms with van der Waals surface area (Å²) in [7, 11) is 0. The van der Waals surface area contributed by atoms with Crippen molar-refractivity contribution in [2.75, 3.05) is 6.54 Å². The van der Waals surface area contributed by atoms with Crippen LogP contribution >= 0.6 is 11.3 Å². The molecule has 0 spiro atoms. The lowest BCUT2D eigenvalue weighted by Gasteiger charge is -2.38. The monoisotopic (exact) mass is 281 g/mol. The summed E-state index contributed by atoms with van der Waals surface area (Å²) in [4.78, 5) is 2.47. The maximum atomic E-state index is 10.9. The van der Waals surface area contributed by atoms with Crippen molar-refractivity contribution in [3.8, 4) is 0 Å². The molecule has 0 aliphatic heterocycles. The predicted octanol–water partition coefficient (Wildman–Crippen LogP) is 4.03. The fourth-order valence-corrected chi connectivity index (χ4v) is 4.31. The molecule has 0 bridgehead atoms. The van der Waals surface area contributed by atoms with Crippen LogP contribution in [0.2, 0.25) is 0 Å². The molecule has 2 rings (SSSR count). The van der Waals surface area contributed by atoms with Crippen LogP contribution in [0.15, 0.2) is 12.1 Å². The molecule has 0 radical (unpaired) electrons. The molecule has 1 fully saturated rings. The van der Waals surface area contributed by atoms with Crippen LogP contribution in [0, 0.1) is 5.41 Å². The molecule has 1 saturated carbocycles. The molecule has 1 unspecified atom stereocenters. The lowest BCUT2D eigenvalue weighted by atomic mass is 9.71. The largest absolute Gasteiger partial charge is 0.387 e. The Morgan fingerprint density at radius 1 is 1.21 bits per heavy atom. The van der Waals surface area contributed by atoms with E-state index in [0.717, 1.165) is 24.1 Å². The first kappa shape index (κ1) is 15.0. The zero-order chi connectivity index (χ0) is 13.7. The van der Waals surface area contributed by atoms with E-state index in [4.69, 9.17) is 5.73 Å². The van der Waals surface area contributed by atoms with E-state index in [0.29, 0.717) is 6.54 Å². The first-order valence-corrected chi connectivity index (χ1v) is 8.50. The maximum absolute atomic E-state index is 10.9. The van der Waals surface area contributed by atoms with Gasteiger partial charge in [-0.3, -0.25) is 0 Å². The Morgan fingerprint density at radius 3 is 2.37 bits per heavy atom. The van der Waals surface area contributed by atoms with Crippen molar-refractivity contribution in [1.82, 2.24) is 0 Å². The molecule has 1 aromatic heterocycles. The van der Waals surface area contributed by atoms with Gasteiger partial charge in [0.15, 0.2) is 0 Å². The summed E-state index contributed by atoms with van der Waals surface area (Å²) in [5.74, 6) is 0. The van der Waals surface area contributed by atoms with Crippen LogP contribution in [0.3, 0.4) is 0 Å². The van der Waals surface area contributed by atoms with Crippen molar-refractivity contribution in [2.24, 2.45) is 11.1 Å². The van der Waals surface area contributed by atoms with Crippen molar-refractivity contribution in [3.05, 3.63) is 21.9 Å². The summed E-state index contributed by atoms with van der Waals surface area (Å²) in [6, 6.07) is 4.25. The number of aryl methyl sites for hydroxylation is 1. The van der Waals surface area contributed by atoms with Gasteiger partial charge >= 0.3 is 0 Å². The highest BCUT2D eigenvalue weighted by Gasteiger charge is 2.37. The van der Waals surface area contributed by atoms with Crippen LogP contribution in [0.1, 0.15) is 67.7 Å². The molecule has 19 heavy (non-hydrogen) atoms. The quantitative estimate of drug-likeness (QED) is 0.875. The Balaban J connectivity index is 2.17. The SMILES string of the molecule is CCc1ccc(C(O)C2(CN)CCCCCCC2)s1. The zero-order valence-corrected chi connectivity index (χ0v) is 12.8. The fraction of sp³-hybridized carbons (Fsp3) is 0.750. The average Bonchev–Trinajstić information content (AvgIpc) is 2.87. The molecule has 0 amide bonds. The normalized spacial score (nSPS) is 21.6. The third-order valence-corrected chi connectivity index (χ3v) is 5.92. The summed E-state index contributed by atoms with van der Waals surface area (Å²) in [5.41, 5.74) is 5.99. The van der Waals surface area contributed by atoms with Crippen LogP contribution in [0.5, 0.6) is 0 Å². The van der Waals surface area contributed by atoms with Crippen LogP contribution < -0.4 is 5.73 Å². The van der Waals surface area contributed by atoms with E-state index in [1.165, 1.54) is 37.0 Å². The van der Waals surface area contributed by atoms with Crippen LogP contribution in [0.4, 0.5) is 0 Å². The van der Waals surface area contributed by atoms with Gasteiger partial charge in [0, 0.05) is 21.7 Å². The summed E-state index contributed by atoms with van der Waals surface area (Å²) >= 11 is 1.75. The molecule has 108 valence electrons. The van der Waals surface area contributed by atoms with Gasteiger partial charge in [-0.25, -0.2) is 0 Å².